The lowest BCUT2D eigenvalue weighted by molar-refractivity contribution is 0.216. The summed E-state index contributed by atoms with van der Waals surface area (Å²) in [5, 5.41) is 13.8. The van der Waals surface area contributed by atoms with Crippen molar-refractivity contribution in [1.82, 2.24) is 5.32 Å². The van der Waals surface area contributed by atoms with Gasteiger partial charge in [-0.3, -0.25) is 0 Å². The van der Waals surface area contributed by atoms with Gasteiger partial charge in [0.2, 0.25) is 0 Å². The molecule has 0 spiro atoms. The fourth-order valence-electron chi connectivity index (χ4n) is 1.82. The second-order valence-electron chi connectivity index (χ2n) is 6.91. The van der Waals surface area contributed by atoms with Crippen molar-refractivity contribution in [2.45, 2.75) is 52.2 Å². The molecule has 0 aliphatic rings. The van der Waals surface area contributed by atoms with Crippen LogP contribution in [0.15, 0.2) is 18.2 Å². The molecule has 0 fully saturated rings. The molecule has 1 aromatic rings. The van der Waals surface area contributed by atoms with Crippen LogP contribution in [-0.2, 0) is 6.54 Å². The fraction of sp³-hybridized carbons (Fsp3) is 0.625. The number of halogens is 1. The van der Waals surface area contributed by atoms with Crippen molar-refractivity contribution in [3.05, 3.63) is 28.8 Å². The van der Waals surface area contributed by atoms with Gasteiger partial charge in [-0.25, -0.2) is 0 Å². The lowest BCUT2D eigenvalue weighted by Gasteiger charge is -2.37. The van der Waals surface area contributed by atoms with E-state index in [0.717, 1.165) is 22.8 Å². The minimum absolute atomic E-state index is 0.0463. The number of nitrogens with one attached hydrogen (secondary N) is 1. The molecule has 0 aliphatic carbocycles. The Morgan fingerprint density at radius 1 is 1.20 bits per heavy atom. The molecule has 0 saturated heterocycles. The second kappa shape index (κ2) is 6.33. The predicted octanol–water partition coefficient (Wildman–Crippen LogP) is 3.44. The molecule has 114 valence electrons. The molecular formula is C16H27ClN2O. The van der Waals surface area contributed by atoms with Crippen LogP contribution in [0.5, 0.6) is 0 Å². The lowest BCUT2D eigenvalue weighted by atomic mass is 10.0. The Morgan fingerprint density at radius 3 is 2.30 bits per heavy atom. The molecule has 0 aromatic heterocycles. The third kappa shape index (κ3) is 4.65. The molecular weight excluding hydrogens is 272 g/mol. The first-order valence-corrected chi connectivity index (χ1v) is 7.33. The summed E-state index contributed by atoms with van der Waals surface area (Å²) in [4.78, 5) is 2.10. The van der Waals surface area contributed by atoms with Gasteiger partial charge in [0.1, 0.15) is 0 Å². The van der Waals surface area contributed by atoms with Gasteiger partial charge in [0.05, 0.1) is 12.1 Å². The molecule has 0 radical (unpaired) electrons. The van der Waals surface area contributed by atoms with Crippen molar-refractivity contribution in [2.75, 3.05) is 18.6 Å². The summed E-state index contributed by atoms with van der Waals surface area (Å²) in [6.07, 6.45) is 0. The highest BCUT2D eigenvalue weighted by Crippen LogP contribution is 2.28. The summed E-state index contributed by atoms with van der Waals surface area (Å²) in [5.74, 6) is 0. The van der Waals surface area contributed by atoms with Crippen molar-refractivity contribution < 1.29 is 5.11 Å². The summed E-state index contributed by atoms with van der Waals surface area (Å²) in [5.41, 5.74) is 1.95. The molecule has 1 rings (SSSR count). The Balaban J connectivity index is 3.07. The van der Waals surface area contributed by atoms with Gasteiger partial charge in [0.25, 0.3) is 0 Å². The molecule has 0 heterocycles. The zero-order chi connectivity index (χ0) is 15.6. The molecule has 0 amide bonds. The number of hydrogen-bond acceptors (Lipinski definition) is 3. The molecule has 0 saturated carbocycles. The van der Waals surface area contributed by atoms with Gasteiger partial charge in [-0.05, 0) is 58.4 Å². The highest BCUT2D eigenvalue weighted by atomic mass is 35.5. The fourth-order valence-corrected chi connectivity index (χ4v) is 2.01. The standard InChI is InChI=1S/C16H27ClN2O/c1-15(2,3)18-10-12-9-13(17)7-8-14(12)19(6)16(4,5)11-20/h7-9,18,20H,10-11H2,1-6H3. The van der Waals surface area contributed by atoms with Gasteiger partial charge in [0, 0.05) is 29.8 Å². The van der Waals surface area contributed by atoms with Crippen LogP contribution in [0.4, 0.5) is 5.69 Å². The van der Waals surface area contributed by atoms with Crippen molar-refractivity contribution in [3.63, 3.8) is 0 Å². The Kier molecular flexibility index (Phi) is 5.47. The average molecular weight is 299 g/mol. The van der Waals surface area contributed by atoms with Crippen molar-refractivity contribution in [2.24, 2.45) is 0 Å². The maximum Gasteiger partial charge on any atom is 0.0658 e. The van der Waals surface area contributed by atoms with E-state index in [4.69, 9.17) is 11.6 Å². The number of anilines is 1. The van der Waals surface area contributed by atoms with E-state index in [1.807, 2.05) is 39.1 Å². The van der Waals surface area contributed by atoms with E-state index in [1.165, 1.54) is 0 Å². The number of likely N-dealkylation sites (N-methyl/N-ethyl adjacent to an activating group) is 1. The van der Waals surface area contributed by atoms with Crippen molar-refractivity contribution in [1.29, 1.82) is 0 Å². The number of nitrogens with zero attached hydrogens (tertiary/aromatic N) is 1. The van der Waals surface area contributed by atoms with Crippen LogP contribution in [0, 0.1) is 0 Å². The quantitative estimate of drug-likeness (QED) is 0.874. The largest absolute Gasteiger partial charge is 0.394 e. The topological polar surface area (TPSA) is 35.5 Å². The minimum atomic E-state index is -0.315. The number of hydrogen-bond donors (Lipinski definition) is 2. The normalized spacial score (nSPS) is 12.6. The number of benzene rings is 1. The predicted molar refractivity (Wildman–Crippen MR) is 87.6 cm³/mol. The summed E-state index contributed by atoms with van der Waals surface area (Å²) in [6, 6.07) is 5.89. The van der Waals surface area contributed by atoms with Gasteiger partial charge in [-0.15, -0.1) is 0 Å². The summed E-state index contributed by atoms with van der Waals surface area (Å²) >= 11 is 6.12. The van der Waals surface area contributed by atoms with Gasteiger partial charge < -0.3 is 15.3 Å². The van der Waals surface area contributed by atoms with Crippen LogP contribution in [0.2, 0.25) is 5.02 Å². The van der Waals surface area contributed by atoms with E-state index in [9.17, 15) is 5.11 Å². The minimum Gasteiger partial charge on any atom is -0.394 e. The number of aliphatic hydroxyl groups is 1. The van der Waals surface area contributed by atoms with E-state index in [1.54, 1.807) is 0 Å². The van der Waals surface area contributed by atoms with Gasteiger partial charge >= 0.3 is 0 Å². The van der Waals surface area contributed by atoms with Crippen molar-refractivity contribution >= 4 is 17.3 Å². The molecule has 0 atom stereocenters. The number of rotatable bonds is 5. The van der Waals surface area contributed by atoms with Crippen LogP contribution < -0.4 is 10.2 Å². The van der Waals surface area contributed by atoms with Crippen LogP contribution >= 0.6 is 11.6 Å². The summed E-state index contributed by atoms with van der Waals surface area (Å²) in [7, 11) is 2.00. The molecule has 20 heavy (non-hydrogen) atoms. The van der Waals surface area contributed by atoms with Gasteiger partial charge in [-0.2, -0.15) is 0 Å². The monoisotopic (exact) mass is 298 g/mol. The van der Waals surface area contributed by atoms with E-state index >= 15 is 0 Å². The first kappa shape index (κ1) is 17.3. The lowest BCUT2D eigenvalue weighted by Crippen LogP contribution is -2.45. The summed E-state index contributed by atoms with van der Waals surface area (Å²) < 4.78 is 0. The molecule has 2 N–H and O–H groups in total. The van der Waals surface area contributed by atoms with Gasteiger partial charge in [0.15, 0.2) is 0 Å². The molecule has 3 nitrogen and oxygen atoms in total. The van der Waals surface area contributed by atoms with Crippen LogP contribution in [-0.4, -0.2) is 29.8 Å². The smallest absolute Gasteiger partial charge is 0.0658 e. The van der Waals surface area contributed by atoms with E-state index in [2.05, 4.69) is 31.0 Å². The highest BCUT2D eigenvalue weighted by Gasteiger charge is 2.24. The zero-order valence-corrected chi connectivity index (χ0v) is 14.2. The van der Waals surface area contributed by atoms with E-state index in [0.29, 0.717) is 0 Å². The molecule has 0 aliphatic heterocycles. The molecule has 0 unspecified atom stereocenters. The van der Waals surface area contributed by atoms with Crippen molar-refractivity contribution in [3.8, 4) is 0 Å². The molecule has 4 heteroatoms. The summed E-state index contributed by atoms with van der Waals surface area (Å²) in [6.45, 7) is 11.3. The van der Waals surface area contributed by atoms with E-state index < -0.39 is 0 Å². The highest BCUT2D eigenvalue weighted by molar-refractivity contribution is 6.30. The molecule has 1 aromatic carbocycles. The SMILES string of the molecule is CN(c1ccc(Cl)cc1CNC(C)(C)C)C(C)(C)CO. The third-order valence-corrected chi connectivity index (χ3v) is 3.74. The van der Waals surface area contributed by atoms with Crippen LogP contribution in [0.3, 0.4) is 0 Å². The third-order valence-electron chi connectivity index (χ3n) is 3.51. The Labute approximate surface area is 127 Å². The van der Waals surface area contributed by atoms with E-state index in [-0.39, 0.29) is 17.7 Å². The molecule has 0 bridgehead atoms. The van der Waals surface area contributed by atoms with Crippen LogP contribution in [0.25, 0.3) is 0 Å². The Bertz CT molecular complexity index is 452. The second-order valence-corrected chi connectivity index (χ2v) is 7.34. The maximum absolute atomic E-state index is 9.55. The first-order chi connectivity index (χ1) is 9.07. The van der Waals surface area contributed by atoms with Crippen LogP contribution in [0.1, 0.15) is 40.2 Å². The Morgan fingerprint density at radius 2 is 1.80 bits per heavy atom. The Hall–Kier alpha value is -0.770. The maximum atomic E-state index is 9.55. The number of aliphatic hydroxyl groups excluding tert-OH is 1. The van der Waals surface area contributed by atoms with Gasteiger partial charge in [-0.1, -0.05) is 11.6 Å². The first-order valence-electron chi connectivity index (χ1n) is 6.95. The zero-order valence-electron chi connectivity index (χ0n) is 13.4. The average Bonchev–Trinajstić information content (AvgIpc) is 2.35.